The molecule has 1 aliphatic heterocycles. The summed E-state index contributed by atoms with van der Waals surface area (Å²) < 4.78 is 5.58. The minimum Gasteiger partial charge on any atom is -0.484 e. The molecule has 2 rings (SSSR count). The van der Waals surface area contributed by atoms with Crippen molar-refractivity contribution in [2.24, 2.45) is 0 Å². The summed E-state index contributed by atoms with van der Waals surface area (Å²) in [5, 5.41) is 0.658. The summed E-state index contributed by atoms with van der Waals surface area (Å²) in [6, 6.07) is 7.78. The summed E-state index contributed by atoms with van der Waals surface area (Å²) in [5.41, 5.74) is 0. The van der Waals surface area contributed by atoms with Crippen molar-refractivity contribution in [2.45, 2.75) is 25.9 Å². The standard InChI is InChI=1S/C18H28ClN3O2/c1-14-11-21(12-15(2)22(14)10-9-20(3)4)18(23)13-24-17-7-5-16(19)6-8-17/h5-8,14-15H,9-13H2,1-4H3. The number of ether oxygens (including phenoxy) is 1. The van der Waals surface area contributed by atoms with Crippen molar-refractivity contribution in [3.63, 3.8) is 0 Å². The zero-order chi connectivity index (χ0) is 17.7. The number of halogens is 1. The Kier molecular flexibility index (Phi) is 6.90. The van der Waals surface area contributed by atoms with Crippen LogP contribution in [0.5, 0.6) is 5.75 Å². The maximum absolute atomic E-state index is 12.5. The average Bonchev–Trinajstić information content (AvgIpc) is 2.52. The largest absolute Gasteiger partial charge is 0.484 e. The first-order chi connectivity index (χ1) is 11.4. The molecule has 2 unspecified atom stereocenters. The van der Waals surface area contributed by atoms with Gasteiger partial charge in [-0.25, -0.2) is 0 Å². The van der Waals surface area contributed by atoms with Crippen LogP contribution in [-0.2, 0) is 4.79 Å². The zero-order valence-electron chi connectivity index (χ0n) is 15.0. The predicted octanol–water partition coefficient (Wildman–Crippen LogP) is 2.20. The van der Waals surface area contributed by atoms with Crippen molar-refractivity contribution in [1.82, 2.24) is 14.7 Å². The maximum atomic E-state index is 12.5. The number of rotatable bonds is 6. The number of carbonyl (C=O) groups is 1. The lowest BCUT2D eigenvalue weighted by molar-refractivity contribution is -0.137. The number of likely N-dealkylation sites (N-methyl/N-ethyl adjacent to an activating group) is 1. The third-order valence-electron chi connectivity index (χ3n) is 4.44. The van der Waals surface area contributed by atoms with Gasteiger partial charge >= 0.3 is 0 Å². The fraction of sp³-hybridized carbons (Fsp3) is 0.611. The highest BCUT2D eigenvalue weighted by atomic mass is 35.5. The lowest BCUT2D eigenvalue weighted by atomic mass is 10.1. The molecule has 0 spiro atoms. The highest BCUT2D eigenvalue weighted by Crippen LogP contribution is 2.18. The van der Waals surface area contributed by atoms with E-state index < -0.39 is 0 Å². The molecule has 5 nitrogen and oxygen atoms in total. The van der Waals surface area contributed by atoms with E-state index in [1.165, 1.54) is 0 Å². The first-order valence-electron chi connectivity index (χ1n) is 8.43. The lowest BCUT2D eigenvalue weighted by Crippen LogP contribution is -2.59. The fourth-order valence-electron chi connectivity index (χ4n) is 3.08. The van der Waals surface area contributed by atoms with Gasteiger partial charge in [-0.05, 0) is 52.2 Å². The number of nitrogens with zero attached hydrogens (tertiary/aromatic N) is 3. The summed E-state index contributed by atoms with van der Waals surface area (Å²) in [4.78, 5) is 19.0. The molecule has 1 heterocycles. The van der Waals surface area contributed by atoms with E-state index in [9.17, 15) is 4.79 Å². The van der Waals surface area contributed by atoms with Gasteiger partial charge in [-0.3, -0.25) is 9.69 Å². The molecular formula is C18H28ClN3O2. The minimum absolute atomic E-state index is 0.0379. The van der Waals surface area contributed by atoms with E-state index in [1.807, 2.05) is 4.90 Å². The molecule has 1 aromatic carbocycles. The van der Waals surface area contributed by atoms with Gasteiger partial charge in [-0.15, -0.1) is 0 Å². The Morgan fingerprint density at radius 2 is 1.79 bits per heavy atom. The number of benzene rings is 1. The fourth-order valence-corrected chi connectivity index (χ4v) is 3.21. The van der Waals surface area contributed by atoms with Crippen LogP contribution >= 0.6 is 11.6 Å². The number of piperazine rings is 1. The molecule has 0 N–H and O–H groups in total. The molecule has 6 heteroatoms. The van der Waals surface area contributed by atoms with Crippen LogP contribution in [0.25, 0.3) is 0 Å². The lowest BCUT2D eigenvalue weighted by Gasteiger charge is -2.44. The van der Waals surface area contributed by atoms with Crippen LogP contribution in [0.2, 0.25) is 5.02 Å². The SMILES string of the molecule is CC1CN(C(=O)COc2ccc(Cl)cc2)CC(C)N1CCN(C)C. The second kappa shape index (κ2) is 8.70. The Hall–Kier alpha value is -1.30. The molecule has 1 saturated heterocycles. The van der Waals surface area contributed by atoms with Gasteiger partial charge in [-0.2, -0.15) is 0 Å². The summed E-state index contributed by atoms with van der Waals surface area (Å²) in [6.07, 6.45) is 0. The van der Waals surface area contributed by atoms with Crippen LogP contribution in [0.1, 0.15) is 13.8 Å². The molecule has 0 radical (unpaired) electrons. The van der Waals surface area contributed by atoms with Crippen molar-refractivity contribution in [1.29, 1.82) is 0 Å². The molecule has 1 amide bonds. The van der Waals surface area contributed by atoms with Crippen molar-refractivity contribution in [3.05, 3.63) is 29.3 Å². The van der Waals surface area contributed by atoms with Crippen molar-refractivity contribution < 1.29 is 9.53 Å². The number of hydrogen-bond donors (Lipinski definition) is 0. The summed E-state index contributed by atoms with van der Waals surface area (Å²) in [7, 11) is 4.17. The molecule has 24 heavy (non-hydrogen) atoms. The minimum atomic E-state index is 0.0379. The van der Waals surface area contributed by atoms with Crippen LogP contribution < -0.4 is 4.74 Å². The van der Waals surface area contributed by atoms with Gasteiger partial charge in [0.15, 0.2) is 6.61 Å². The molecule has 0 aromatic heterocycles. The molecule has 1 aromatic rings. The van der Waals surface area contributed by atoms with Crippen LogP contribution in [-0.4, -0.2) is 79.6 Å². The van der Waals surface area contributed by atoms with E-state index in [0.717, 1.165) is 26.2 Å². The van der Waals surface area contributed by atoms with Crippen LogP contribution in [0.3, 0.4) is 0 Å². The normalized spacial score (nSPS) is 22.0. The van der Waals surface area contributed by atoms with E-state index in [4.69, 9.17) is 16.3 Å². The van der Waals surface area contributed by atoms with Crippen LogP contribution in [0, 0.1) is 0 Å². The van der Waals surface area contributed by atoms with Crippen LogP contribution in [0.15, 0.2) is 24.3 Å². The van der Waals surface area contributed by atoms with Crippen LogP contribution in [0.4, 0.5) is 0 Å². The number of amides is 1. The third kappa shape index (κ3) is 5.36. The number of hydrogen-bond acceptors (Lipinski definition) is 4. The van der Waals surface area contributed by atoms with E-state index in [2.05, 4.69) is 37.7 Å². The van der Waals surface area contributed by atoms with E-state index >= 15 is 0 Å². The predicted molar refractivity (Wildman–Crippen MR) is 97.7 cm³/mol. The van der Waals surface area contributed by atoms with Gasteiger partial charge in [0.2, 0.25) is 0 Å². The van der Waals surface area contributed by atoms with Crippen molar-refractivity contribution >= 4 is 17.5 Å². The Bertz CT molecular complexity index is 524. The Morgan fingerprint density at radius 3 is 2.33 bits per heavy atom. The zero-order valence-corrected chi connectivity index (χ0v) is 15.8. The van der Waals surface area contributed by atoms with Gasteiger partial charge in [0.05, 0.1) is 0 Å². The Balaban J connectivity index is 1.84. The first-order valence-corrected chi connectivity index (χ1v) is 8.81. The Labute approximate surface area is 150 Å². The second-order valence-electron chi connectivity index (χ2n) is 6.78. The molecule has 2 atom stereocenters. The maximum Gasteiger partial charge on any atom is 0.260 e. The molecule has 0 bridgehead atoms. The summed E-state index contributed by atoms with van der Waals surface area (Å²) >= 11 is 5.85. The second-order valence-corrected chi connectivity index (χ2v) is 7.22. The van der Waals surface area contributed by atoms with Crippen molar-refractivity contribution in [2.75, 3.05) is 46.9 Å². The highest BCUT2D eigenvalue weighted by Gasteiger charge is 2.31. The topological polar surface area (TPSA) is 36.0 Å². The first kappa shape index (κ1) is 19.0. The van der Waals surface area contributed by atoms with Crippen molar-refractivity contribution in [3.8, 4) is 5.75 Å². The van der Waals surface area contributed by atoms with E-state index in [1.54, 1.807) is 24.3 Å². The third-order valence-corrected chi connectivity index (χ3v) is 4.69. The number of carbonyl (C=O) groups excluding carboxylic acids is 1. The average molecular weight is 354 g/mol. The molecule has 1 aliphatic rings. The van der Waals surface area contributed by atoms with Gasteiger partial charge in [0, 0.05) is 43.3 Å². The summed E-state index contributed by atoms with van der Waals surface area (Å²) in [5.74, 6) is 0.703. The molecule has 0 aliphatic carbocycles. The molecule has 1 fully saturated rings. The van der Waals surface area contributed by atoms with E-state index in [0.29, 0.717) is 22.9 Å². The van der Waals surface area contributed by atoms with Gasteiger partial charge < -0.3 is 14.5 Å². The van der Waals surface area contributed by atoms with E-state index in [-0.39, 0.29) is 12.5 Å². The highest BCUT2D eigenvalue weighted by molar-refractivity contribution is 6.30. The Morgan fingerprint density at radius 1 is 1.21 bits per heavy atom. The summed E-state index contributed by atoms with van der Waals surface area (Å²) in [6.45, 7) is 8.00. The smallest absolute Gasteiger partial charge is 0.260 e. The molecule has 134 valence electrons. The van der Waals surface area contributed by atoms with Gasteiger partial charge in [-0.1, -0.05) is 11.6 Å². The monoisotopic (exact) mass is 353 g/mol. The molecule has 0 saturated carbocycles. The van der Waals surface area contributed by atoms with Gasteiger partial charge in [0.1, 0.15) is 5.75 Å². The molecular weight excluding hydrogens is 326 g/mol. The quantitative estimate of drug-likeness (QED) is 0.785. The van der Waals surface area contributed by atoms with Gasteiger partial charge in [0.25, 0.3) is 5.91 Å².